The van der Waals surface area contributed by atoms with Crippen molar-refractivity contribution < 1.29 is 9.21 Å². The standard InChI is InChI=1S/C19H22N4O2/c1-14-3-5-17(25-14)13-22(2)19(24)16-7-9-23(10-8-16)18-6-4-15(11-20)12-21-18/h3-6,12,16H,7-10,13H2,1-2H3. The van der Waals surface area contributed by atoms with Gasteiger partial charge in [-0.05, 0) is 44.0 Å². The average molecular weight is 338 g/mol. The van der Waals surface area contributed by atoms with Gasteiger partial charge in [-0.2, -0.15) is 5.26 Å². The van der Waals surface area contributed by atoms with E-state index in [4.69, 9.17) is 9.68 Å². The largest absolute Gasteiger partial charge is 0.464 e. The third-order valence-corrected chi connectivity index (χ3v) is 4.61. The Morgan fingerprint density at radius 1 is 1.36 bits per heavy atom. The lowest BCUT2D eigenvalue weighted by atomic mass is 9.95. The molecule has 0 atom stereocenters. The molecule has 0 radical (unpaired) electrons. The number of nitrogens with zero attached hydrogens (tertiary/aromatic N) is 4. The van der Waals surface area contributed by atoms with Gasteiger partial charge in [0.2, 0.25) is 5.91 Å². The van der Waals surface area contributed by atoms with Gasteiger partial charge in [-0.3, -0.25) is 4.79 Å². The highest BCUT2D eigenvalue weighted by Crippen LogP contribution is 2.24. The van der Waals surface area contributed by atoms with Gasteiger partial charge >= 0.3 is 0 Å². The van der Waals surface area contributed by atoms with Crippen LogP contribution in [-0.2, 0) is 11.3 Å². The van der Waals surface area contributed by atoms with Gasteiger partial charge in [-0.25, -0.2) is 4.98 Å². The molecule has 25 heavy (non-hydrogen) atoms. The zero-order valence-electron chi connectivity index (χ0n) is 14.6. The number of anilines is 1. The maximum atomic E-state index is 12.7. The zero-order chi connectivity index (χ0) is 17.8. The molecule has 2 aromatic heterocycles. The van der Waals surface area contributed by atoms with Crippen LogP contribution >= 0.6 is 0 Å². The van der Waals surface area contributed by atoms with Gasteiger partial charge in [0.1, 0.15) is 23.4 Å². The summed E-state index contributed by atoms with van der Waals surface area (Å²) >= 11 is 0. The Morgan fingerprint density at radius 3 is 2.68 bits per heavy atom. The fraction of sp³-hybridized carbons (Fsp3) is 0.421. The Bertz CT molecular complexity index is 767. The van der Waals surface area contributed by atoms with Crippen molar-refractivity contribution in [1.29, 1.82) is 5.26 Å². The second-order valence-corrected chi connectivity index (χ2v) is 6.48. The van der Waals surface area contributed by atoms with Crippen LogP contribution in [0, 0.1) is 24.2 Å². The van der Waals surface area contributed by atoms with Crippen molar-refractivity contribution in [3.05, 3.63) is 47.5 Å². The van der Waals surface area contributed by atoms with E-state index in [-0.39, 0.29) is 11.8 Å². The normalized spacial score (nSPS) is 15.0. The predicted octanol–water partition coefficient (Wildman–Crippen LogP) is 2.73. The minimum absolute atomic E-state index is 0.0377. The summed E-state index contributed by atoms with van der Waals surface area (Å²) in [6.07, 6.45) is 3.20. The molecule has 0 saturated carbocycles. The number of carbonyl (C=O) groups is 1. The van der Waals surface area contributed by atoms with Gasteiger partial charge in [0.25, 0.3) is 0 Å². The highest BCUT2D eigenvalue weighted by Gasteiger charge is 2.28. The van der Waals surface area contributed by atoms with Crippen molar-refractivity contribution in [1.82, 2.24) is 9.88 Å². The van der Waals surface area contributed by atoms with E-state index in [1.807, 2.05) is 32.2 Å². The third kappa shape index (κ3) is 4.00. The van der Waals surface area contributed by atoms with Crippen LogP contribution in [0.25, 0.3) is 0 Å². The molecule has 0 aromatic carbocycles. The fourth-order valence-electron chi connectivity index (χ4n) is 3.19. The summed E-state index contributed by atoms with van der Waals surface area (Å²) in [5.74, 6) is 2.74. The van der Waals surface area contributed by atoms with E-state index in [0.717, 1.165) is 43.3 Å². The zero-order valence-corrected chi connectivity index (χ0v) is 14.6. The van der Waals surface area contributed by atoms with E-state index >= 15 is 0 Å². The number of pyridine rings is 1. The average Bonchev–Trinajstić information content (AvgIpc) is 3.06. The third-order valence-electron chi connectivity index (χ3n) is 4.61. The molecule has 2 aromatic rings. The van der Waals surface area contributed by atoms with Gasteiger partial charge in [-0.1, -0.05) is 0 Å². The van der Waals surface area contributed by atoms with Gasteiger partial charge in [0.15, 0.2) is 0 Å². The number of hydrogen-bond donors (Lipinski definition) is 0. The van der Waals surface area contributed by atoms with Gasteiger partial charge in [0, 0.05) is 32.3 Å². The van der Waals surface area contributed by atoms with Crippen LogP contribution in [0.15, 0.2) is 34.9 Å². The van der Waals surface area contributed by atoms with Crippen molar-refractivity contribution in [2.24, 2.45) is 5.92 Å². The lowest BCUT2D eigenvalue weighted by molar-refractivity contribution is -0.135. The Kier molecular flexibility index (Phi) is 5.03. The highest BCUT2D eigenvalue weighted by atomic mass is 16.3. The summed E-state index contributed by atoms with van der Waals surface area (Å²) in [4.78, 5) is 20.9. The van der Waals surface area contributed by atoms with Gasteiger partial charge in [0.05, 0.1) is 12.1 Å². The number of hydrogen-bond acceptors (Lipinski definition) is 5. The minimum atomic E-state index is 0.0377. The number of rotatable bonds is 4. The SMILES string of the molecule is Cc1ccc(CN(C)C(=O)C2CCN(c3ccc(C#N)cn3)CC2)o1. The molecule has 1 aliphatic rings. The molecule has 0 spiro atoms. The summed E-state index contributed by atoms with van der Waals surface area (Å²) in [5.41, 5.74) is 0.559. The monoisotopic (exact) mass is 338 g/mol. The van der Waals surface area contributed by atoms with Crippen LogP contribution in [0.3, 0.4) is 0 Å². The van der Waals surface area contributed by atoms with Crippen LogP contribution in [0.5, 0.6) is 0 Å². The van der Waals surface area contributed by atoms with E-state index in [1.54, 1.807) is 17.2 Å². The fourth-order valence-corrected chi connectivity index (χ4v) is 3.19. The summed E-state index contributed by atoms with van der Waals surface area (Å²) in [5, 5.41) is 8.84. The van der Waals surface area contributed by atoms with E-state index in [2.05, 4.69) is 16.0 Å². The van der Waals surface area contributed by atoms with E-state index < -0.39 is 0 Å². The molecule has 0 unspecified atom stereocenters. The van der Waals surface area contributed by atoms with E-state index in [9.17, 15) is 4.79 Å². The summed E-state index contributed by atoms with van der Waals surface area (Å²) in [6, 6.07) is 9.55. The van der Waals surface area contributed by atoms with Crippen LogP contribution < -0.4 is 4.90 Å². The number of nitriles is 1. The van der Waals surface area contributed by atoms with Crippen LogP contribution in [-0.4, -0.2) is 35.9 Å². The molecule has 6 nitrogen and oxygen atoms in total. The molecular weight excluding hydrogens is 316 g/mol. The molecule has 1 saturated heterocycles. The topological polar surface area (TPSA) is 73.4 Å². The lowest BCUT2D eigenvalue weighted by Gasteiger charge is -2.33. The molecule has 0 aliphatic carbocycles. The predicted molar refractivity (Wildman–Crippen MR) is 93.8 cm³/mol. The Balaban J connectivity index is 1.54. The first-order chi connectivity index (χ1) is 12.1. The maximum Gasteiger partial charge on any atom is 0.225 e. The Morgan fingerprint density at radius 2 is 2.12 bits per heavy atom. The Labute approximate surface area is 147 Å². The van der Waals surface area contributed by atoms with Crippen molar-refractivity contribution in [3.63, 3.8) is 0 Å². The quantitative estimate of drug-likeness (QED) is 0.857. The lowest BCUT2D eigenvalue weighted by Crippen LogP contribution is -2.41. The number of carbonyl (C=O) groups excluding carboxylic acids is 1. The molecular formula is C19H22N4O2. The second kappa shape index (κ2) is 7.39. The molecule has 0 bridgehead atoms. The molecule has 6 heteroatoms. The van der Waals surface area contributed by atoms with E-state index in [1.165, 1.54) is 0 Å². The van der Waals surface area contributed by atoms with Crippen molar-refractivity contribution in [3.8, 4) is 6.07 Å². The van der Waals surface area contributed by atoms with Crippen molar-refractivity contribution in [2.45, 2.75) is 26.3 Å². The summed E-state index contributed by atoms with van der Waals surface area (Å²) in [6.45, 7) is 3.99. The van der Waals surface area contributed by atoms with Gasteiger partial charge < -0.3 is 14.2 Å². The maximum absolute atomic E-state index is 12.7. The Hall–Kier alpha value is -2.81. The van der Waals surface area contributed by atoms with Crippen LogP contribution in [0.1, 0.15) is 29.9 Å². The molecule has 3 heterocycles. The second-order valence-electron chi connectivity index (χ2n) is 6.48. The first-order valence-electron chi connectivity index (χ1n) is 8.48. The summed E-state index contributed by atoms with van der Waals surface area (Å²) in [7, 11) is 1.83. The van der Waals surface area contributed by atoms with Crippen molar-refractivity contribution in [2.75, 3.05) is 25.0 Å². The minimum Gasteiger partial charge on any atom is -0.464 e. The molecule has 1 amide bonds. The highest BCUT2D eigenvalue weighted by molar-refractivity contribution is 5.78. The molecule has 1 fully saturated rings. The van der Waals surface area contributed by atoms with Crippen LogP contribution in [0.4, 0.5) is 5.82 Å². The smallest absolute Gasteiger partial charge is 0.225 e. The first-order valence-corrected chi connectivity index (χ1v) is 8.48. The number of aromatic nitrogens is 1. The van der Waals surface area contributed by atoms with E-state index in [0.29, 0.717) is 12.1 Å². The number of furan rings is 1. The molecule has 130 valence electrons. The molecule has 1 aliphatic heterocycles. The summed E-state index contributed by atoms with van der Waals surface area (Å²) < 4.78 is 5.55. The molecule has 0 N–H and O–H groups in total. The van der Waals surface area contributed by atoms with Gasteiger partial charge in [-0.15, -0.1) is 0 Å². The number of amides is 1. The molecule has 3 rings (SSSR count). The first kappa shape index (κ1) is 17.0. The van der Waals surface area contributed by atoms with Crippen LogP contribution in [0.2, 0.25) is 0 Å². The van der Waals surface area contributed by atoms with Crippen molar-refractivity contribution >= 4 is 11.7 Å². The number of aryl methyl sites for hydroxylation is 1. The number of piperidine rings is 1.